The Morgan fingerprint density at radius 1 is 1.36 bits per heavy atom. The van der Waals surface area contributed by atoms with Gasteiger partial charge in [-0.1, -0.05) is 23.9 Å². The van der Waals surface area contributed by atoms with Crippen molar-refractivity contribution in [2.45, 2.75) is 17.3 Å². The zero-order valence-electron chi connectivity index (χ0n) is 13.4. The molecule has 0 saturated carbocycles. The molecule has 6 nitrogen and oxygen atoms in total. The maximum atomic E-state index is 11.9. The maximum Gasteiger partial charge on any atom is 0.235 e. The predicted molar refractivity (Wildman–Crippen MR) is 87.0 cm³/mol. The summed E-state index contributed by atoms with van der Waals surface area (Å²) in [4.78, 5) is 13.5. The summed E-state index contributed by atoms with van der Waals surface area (Å²) in [5.41, 5.74) is 0.924. The van der Waals surface area contributed by atoms with Crippen LogP contribution in [-0.2, 0) is 11.8 Å². The largest absolute Gasteiger partial charge is 0.497 e. The standard InChI is InChI=1S/C15H20N4O2S/c1-10(14(20)18(2)3)22-15-17-16-13(19(15)4)11-7-6-8-12(9-11)21-5/h6-10H,1-5H3. The molecule has 0 aliphatic heterocycles. The van der Waals surface area contributed by atoms with Crippen molar-refractivity contribution in [1.29, 1.82) is 0 Å². The van der Waals surface area contributed by atoms with Gasteiger partial charge >= 0.3 is 0 Å². The van der Waals surface area contributed by atoms with Gasteiger partial charge in [0, 0.05) is 26.7 Å². The average Bonchev–Trinajstić information content (AvgIpc) is 2.87. The first-order valence-electron chi connectivity index (χ1n) is 6.85. The number of benzene rings is 1. The van der Waals surface area contributed by atoms with Gasteiger partial charge < -0.3 is 14.2 Å². The first kappa shape index (κ1) is 16.4. The molecule has 1 aromatic carbocycles. The second-order valence-corrected chi connectivity index (χ2v) is 6.40. The highest BCUT2D eigenvalue weighted by Crippen LogP contribution is 2.27. The van der Waals surface area contributed by atoms with Gasteiger partial charge in [-0.2, -0.15) is 0 Å². The third-order valence-corrected chi connectivity index (χ3v) is 4.36. The van der Waals surface area contributed by atoms with Crippen molar-refractivity contribution in [3.63, 3.8) is 0 Å². The van der Waals surface area contributed by atoms with Crippen LogP contribution in [-0.4, -0.2) is 52.0 Å². The van der Waals surface area contributed by atoms with E-state index >= 15 is 0 Å². The van der Waals surface area contributed by atoms with Crippen LogP contribution in [0.1, 0.15) is 6.92 Å². The summed E-state index contributed by atoms with van der Waals surface area (Å²) in [6.45, 7) is 1.87. The van der Waals surface area contributed by atoms with Crippen LogP contribution < -0.4 is 4.74 Å². The van der Waals surface area contributed by atoms with Crippen LogP contribution in [0.5, 0.6) is 5.75 Å². The van der Waals surface area contributed by atoms with Crippen molar-refractivity contribution in [2.24, 2.45) is 7.05 Å². The molecular weight excluding hydrogens is 300 g/mol. The summed E-state index contributed by atoms with van der Waals surface area (Å²) in [5.74, 6) is 1.56. The zero-order chi connectivity index (χ0) is 16.3. The Morgan fingerprint density at radius 2 is 2.09 bits per heavy atom. The van der Waals surface area contributed by atoms with Gasteiger partial charge in [0.25, 0.3) is 0 Å². The zero-order valence-corrected chi connectivity index (χ0v) is 14.2. The number of hydrogen-bond donors (Lipinski definition) is 0. The lowest BCUT2D eigenvalue weighted by Crippen LogP contribution is -2.29. The van der Waals surface area contributed by atoms with E-state index in [2.05, 4.69) is 10.2 Å². The molecule has 118 valence electrons. The highest BCUT2D eigenvalue weighted by molar-refractivity contribution is 8.00. The van der Waals surface area contributed by atoms with Crippen LogP contribution >= 0.6 is 11.8 Å². The van der Waals surface area contributed by atoms with Gasteiger partial charge in [-0.3, -0.25) is 4.79 Å². The maximum absolute atomic E-state index is 11.9. The third kappa shape index (κ3) is 3.41. The normalized spacial score (nSPS) is 12.0. The molecule has 0 saturated heterocycles. The second kappa shape index (κ2) is 6.83. The molecule has 0 aliphatic rings. The van der Waals surface area contributed by atoms with Crippen LogP contribution in [0.2, 0.25) is 0 Å². The van der Waals surface area contributed by atoms with Gasteiger partial charge in [0.1, 0.15) is 5.75 Å². The van der Waals surface area contributed by atoms with Crippen LogP contribution in [0.3, 0.4) is 0 Å². The molecule has 0 radical (unpaired) electrons. The molecule has 1 heterocycles. The van der Waals surface area contributed by atoms with E-state index in [1.54, 1.807) is 26.1 Å². The van der Waals surface area contributed by atoms with Gasteiger partial charge in [0.2, 0.25) is 5.91 Å². The van der Waals surface area contributed by atoms with Crippen molar-refractivity contribution < 1.29 is 9.53 Å². The van der Waals surface area contributed by atoms with Crippen LogP contribution in [0, 0.1) is 0 Å². The van der Waals surface area contributed by atoms with E-state index in [1.807, 2.05) is 42.8 Å². The number of ether oxygens (including phenoxy) is 1. The van der Waals surface area contributed by atoms with E-state index in [0.717, 1.165) is 17.1 Å². The monoisotopic (exact) mass is 320 g/mol. The minimum absolute atomic E-state index is 0.0518. The average molecular weight is 320 g/mol. The summed E-state index contributed by atoms with van der Waals surface area (Å²) in [5, 5.41) is 8.92. The number of rotatable bonds is 5. The summed E-state index contributed by atoms with van der Waals surface area (Å²) in [6, 6.07) is 7.66. The lowest BCUT2D eigenvalue weighted by atomic mass is 10.2. The first-order valence-corrected chi connectivity index (χ1v) is 7.73. The smallest absolute Gasteiger partial charge is 0.235 e. The molecule has 0 spiro atoms. The molecule has 0 bridgehead atoms. The lowest BCUT2D eigenvalue weighted by molar-refractivity contribution is -0.127. The lowest BCUT2D eigenvalue weighted by Gasteiger charge is -2.15. The Labute approximate surface area is 134 Å². The number of aromatic nitrogens is 3. The number of nitrogens with zero attached hydrogens (tertiary/aromatic N) is 4. The Hall–Kier alpha value is -2.02. The van der Waals surface area contributed by atoms with Crippen molar-refractivity contribution in [2.75, 3.05) is 21.2 Å². The molecule has 7 heteroatoms. The fourth-order valence-electron chi connectivity index (χ4n) is 2.00. The van der Waals surface area contributed by atoms with E-state index < -0.39 is 0 Å². The van der Waals surface area contributed by atoms with Crippen molar-refractivity contribution in [1.82, 2.24) is 19.7 Å². The molecule has 1 amide bonds. The number of carbonyl (C=O) groups is 1. The topological polar surface area (TPSA) is 60.3 Å². The van der Waals surface area contributed by atoms with E-state index in [9.17, 15) is 4.79 Å². The van der Waals surface area contributed by atoms with Crippen molar-refractivity contribution in [3.05, 3.63) is 24.3 Å². The number of carbonyl (C=O) groups excluding carboxylic acids is 1. The van der Waals surface area contributed by atoms with Crippen molar-refractivity contribution >= 4 is 17.7 Å². The summed E-state index contributed by atoms with van der Waals surface area (Å²) >= 11 is 1.40. The van der Waals surface area contributed by atoms with Crippen LogP contribution in [0.4, 0.5) is 0 Å². The number of hydrogen-bond acceptors (Lipinski definition) is 5. The van der Waals surface area contributed by atoms with Crippen molar-refractivity contribution in [3.8, 4) is 17.1 Å². The summed E-state index contributed by atoms with van der Waals surface area (Å²) in [6.07, 6.45) is 0. The molecule has 22 heavy (non-hydrogen) atoms. The SMILES string of the molecule is COc1cccc(-c2nnc(SC(C)C(=O)N(C)C)n2C)c1. The second-order valence-electron chi connectivity index (χ2n) is 5.09. The Morgan fingerprint density at radius 3 is 2.73 bits per heavy atom. The minimum atomic E-state index is -0.212. The van der Waals surface area contributed by atoms with Gasteiger partial charge in [0.05, 0.1) is 12.4 Å². The fourth-order valence-corrected chi connectivity index (χ4v) is 2.96. The highest BCUT2D eigenvalue weighted by Gasteiger charge is 2.20. The fraction of sp³-hybridized carbons (Fsp3) is 0.400. The van der Waals surface area contributed by atoms with Crippen LogP contribution in [0.15, 0.2) is 29.4 Å². The number of amides is 1. The van der Waals surface area contributed by atoms with E-state index in [1.165, 1.54) is 11.8 Å². The quantitative estimate of drug-likeness (QED) is 0.789. The Bertz CT molecular complexity index is 669. The molecule has 1 unspecified atom stereocenters. The molecule has 2 rings (SSSR count). The molecule has 1 aromatic heterocycles. The van der Waals surface area contributed by atoms with Crippen LogP contribution in [0.25, 0.3) is 11.4 Å². The minimum Gasteiger partial charge on any atom is -0.497 e. The predicted octanol–water partition coefficient (Wildman–Crippen LogP) is 2.06. The molecule has 2 aromatic rings. The van der Waals surface area contributed by atoms with Gasteiger partial charge in [-0.15, -0.1) is 10.2 Å². The van der Waals surface area contributed by atoms with E-state index in [0.29, 0.717) is 5.16 Å². The van der Waals surface area contributed by atoms with Gasteiger partial charge in [0.15, 0.2) is 11.0 Å². The van der Waals surface area contributed by atoms with Gasteiger partial charge in [-0.05, 0) is 19.1 Å². The van der Waals surface area contributed by atoms with Gasteiger partial charge in [-0.25, -0.2) is 0 Å². The molecule has 0 N–H and O–H groups in total. The number of thioether (sulfide) groups is 1. The summed E-state index contributed by atoms with van der Waals surface area (Å²) in [7, 11) is 7.02. The van der Waals surface area contributed by atoms with E-state index in [4.69, 9.17) is 4.74 Å². The first-order chi connectivity index (χ1) is 10.4. The number of methoxy groups -OCH3 is 1. The highest BCUT2D eigenvalue weighted by atomic mass is 32.2. The van der Waals surface area contributed by atoms with E-state index in [-0.39, 0.29) is 11.2 Å². The molecule has 0 fully saturated rings. The molecule has 0 aliphatic carbocycles. The third-order valence-electron chi connectivity index (χ3n) is 3.23. The summed E-state index contributed by atoms with van der Waals surface area (Å²) < 4.78 is 7.12. The Kier molecular flexibility index (Phi) is 5.07. The molecular formula is C15H20N4O2S. The molecule has 1 atom stereocenters. The Balaban J connectivity index is 2.24.